The molecule has 0 saturated carbocycles. The Balaban J connectivity index is -0.0000000105. The normalized spacial score (nSPS) is 2.33. The van der Waals surface area contributed by atoms with Gasteiger partial charge in [-0.1, -0.05) is 21.3 Å². The van der Waals surface area contributed by atoms with Crippen LogP contribution < -0.4 is 0 Å². The van der Waals surface area contributed by atoms with Crippen molar-refractivity contribution >= 4 is 0 Å². The summed E-state index contributed by atoms with van der Waals surface area (Å²) in [6.45, 7) is 5.65. The minimum Gasteiger partial charge on any atom is -0.120 e. The average molecular weight is 89.2 g/mol. The van der Waals surface area contributed by atoms with Gasteiger partial charge in [-0.2, -0.15) is 0 Å². The van der Waals surface area contributed by atoms with Gasteiger partial charge in [-0.05, 0) is 6.92 Å². The lowest BCUT2D eigenvalue weighted by Gasteiger charge is -1.23. The summed E-state index contributed by atoms with van der Waals surface area (Å²) in [5, 5.41) is 0. The van der Waals surface area contributed by atoms with Gasteiger partial charge < -0.3 is 0 Å². The Bertz CT molecular complexity index is 25.7. The first-order chi connectivity index (χ1) is 2.41. The van der Waals surface area contributed by atoms with Crippen LogP contribution in [-0.2, 0) is 0 Å². The summed E-state index contributed by atoms with van der Waals surface area (Å²) in [7, 11) is 0. The van der Waals surface area contributed by atoms with Crippen molar-refractivity contribution in [2.24, 2.45) is 0 Å². The zero-order chi connectivity index (χ0) is 4.71. The van der Waals surface area contributed by atoms with E-state index in [9.17, 15) is 0 Å². The Kier molecular flexibility index (Phi) is 542. The molecular formula is C6H16. The minimum absolute atomic E-state index is 0. The molecule has 0 aromatic rings. The van der Waals surface area contributed by atoms with Crippen LogP contribution in [0.5, 0.6) is 0 Å². The minimum atomic E-state index is 0. The van der Waals surface area contributed by atoms with Crippen molar-refractivity contribution in [3.05, 3.63) is 0 Å². The molecule has 0 heteroatoms. The number of terminal acetylenes is 1. The van der Waals surface area contributed by atoms with Gasteiger partial charge in [0.2, 0.25) is 0 Å². The van der Waals surface area contributed by atoms with Crippen molar-refractivity contribution in [3.8, 4) is 12.3 Å². The van der Waals surface area contributed by atoms with Gasteiger partial charge >= 0.3 is 0 Å². The van der Waals surface area contributed by atoms with Gasteiger partial charge in [0.25, 0.3) is 0 Å². The summed E-state index contributed by atoms with van der Waals surface area (Å²) >= 11 is 0. The van der Waals surface area contributed by atoms with Crippen molar-refractivity contribution in [2.45, 2.75) is 28.2 Å². The van der Waals surface area contributed by atoms with Crippen molar-refractivity contribution < 1.29 is 1.43 Å². The van der Waals surface area contributed by atoms with Gasteiger partial charge in [0.15, 0.2) is 0 Å². The molecule has 6 heavy (non-hydrogen) atoms. The summed E-state index contributed by atoms with van der Waals surface area (Å²) in [6.07, 6.45) is 4.60. The summed E-state index contributed by atoms with van der Waals surface area (Å²) in [5.41, 5.74) is 0. The first-order valence-electron chi connectivity index (χ1n) is 1.79. The van der Waals surface area contributed by atoms with Crippen molar-refractivity contribution in [1.82, 2.24) is 0 Å². The molecule has 0 heterocycles. The molecule has 0 N–H and O–H groups in total. The first-order valence-corrected chi connectivity index (χ1v) is 1.79. The third kappa shape index (κ3) is 121. The maximum absolute atomic E-state index is 4.60. The highest BCUT2D eigenvalue weighted by molar-refractivity contribution is 4.73. The standard InChI is InChI=1S/C3H4.C2H6.CH4.H2/c1-3-2;1-2;;/h1H,2H3;1-2H3;1H4;1H/i;;;1+1. The molecule has 0 atom stereocenters. The van der Waals surface area contributed by atoms with E-state index in [4.69, 9.17) is 0 Å². The Labute approximate surface area is 43.1 Å². The van der Waals surface area contributed by atoms with Crippen molar-refractivity contribution in [3.63, 3.8) is 0 Å². The Hall–Kier alpha value is -0.440. The average Bonchev–Trinajstić information content (AvgIpc) is 1.46. The van der Waals surface area contributed by atoms with Crippen molar-refractivity contribution in [1.29, 1.82) is 0 Å². The molecule has 0 fully saturated rings. The van der Waals surface area contributed by atoms with Crippen LogP contribution >= 0.6 is 0 Å². The Morgan fingerprint density at radius 3 is 1.50 bits per heavy atom. The van der Waals surface area contributed by atoms with Gasteiger partial charge in [0.1, 0.15) is 0 Å². The molecule has 0 aliphatic carbocycles. The van der Waals surface area contributed by atoms with Crippen LogP contribution in [0, 0.1) is 12.3 Å². The molecule has 0 saturated heterocycles. The molecule has 0 aliphatic heterocycles. The van der Waals surface area contributed by atoms with Gasteiger partial charge in [0.05, 0.1) is 0 Å². The van der Waals surface area contributed by atoms with Gasteiger partial charge in [-0.25, -0.2) is 0 Å². The molecule has 0 aromatic heterocycles. The van der Waals surface area contributed by atoms with Crippen LogP contribution in [0.25, 0.3) is 0 Å². The first kappa shape index (κ1) is 17.6. The van der Waals surface area contributed by atoms with E-state index >= 15 is 0 Å². The molecule has 0 bridgehead atoms. The fourth-order valence-corrected chi connectivity index (χ4v) is 0. The fraction of sp³-hybridized carbons (Fsp3) is 0.667. The third-order valence-electron chi connectivity index (χ3n) is 0. The van der Waals surface area contributed by atoms with Crippen LogP contribution in [0.3, 0.4) is 0 Å². The zero-order valence-corrected chi connectivity index (χ0v) is 4.08. The maximum atomic E-state index is 4.60. The highest BCUT2D eigenvalue weighted by Gasteiger charge is 1.09. The molecule has 0 amide bonds. The summed E-state index contributed by atoms with van der Waals surface area (Å²) < 4.78 is 0. The summed E-state index contributed by atoms with van der Waals surface area (Å²) in [6, 6.07) is 0. The lowest BCUT2D eigenvalue weighted by molar-refractivity contribution is 1.50. The quantitative estimate of drug-likeness (QED) is 0.400. The van der Waals surface area contributed by atoms with E-state index in [1.165, 1.54) is 0 Å². The van der Waals surface area contributed by atoms with E-state index in [2.05, 4.69) is 12.3 Å². The van der Waals surface area contributed by atoms with Crippen LogP contribution in [0.15, 0.2) is 0 Å². The zero-order valence-electron chi connectivity index (χ0n) is 4.08. The lowest BCUT2D eigenvalue weighted by Crippen LogP contribution is -1.10. The highest BCUT2D eigenvalue weighted by atomic mass is 13.2. The molecule has 0 aliphatic rings. The predicted molar refractivity (Wildman–Crippen MR) is 34.7 cm³/mol. The van der Waals surface area contributed by atoms with E-state index in [1.54, 1.807) is 6.92 Å². The van der Waals surface area contributed by atoms with Crippen molar-refractivity contribution in [2.75, 3.05) is 0 Å². The van der Waals surface area contributed by atoms with Gasteiger partial charge in [-0.3, -0.25) is 0 Å². The van der Waals surface area contributed by atoms with E-state index in [1.807, 2.05) is 13.8 Å². The third-order valence-corrected chi connectivity index (χ3v) is 0. The summed E-state index contributed by atoms with van der Waals surface area (Å²) in [4.78, 5) is 0. The van der Waals surface area contributed by atoms with Crippen LogP contribution in [0.4, 0.5) is 0 Å². The maximum Gasteiger partial charge on any atom is 0 e. The molecule has 0 radical (unpaired) electrons. The summed E-state index contributed by atoms with van der Waals surface area (Å²) in [5.74, 6) is 2.25. The second-order valence-electron chi connectivity index (χ2n) is 0.289. The molecule has 0 spiro atoms. The predicted octanol–water partition coefficient (Wildman–Crippen LogP) is 2.55. The molecule has 0 nitrogen and oxygen atoms in total. The molecule has 0 rings (SSSR count). The molecule has 40 valence electrons. The van der Waals surface area contributed by atoms with Gasteiger partial charge in [-0.15, -0.1) is 12.3 Å². The Morgan fingerprint density at radius 1 is 1.50 bits per heavy atom. The SMILES string of the molecule is C.C#CC.CC.[2HH]. The van der Waals surface area contributed by atoms with E-state index in [0.717, 1.165) is 0 Å². The monoisotopic (exact) mass is 89.1 g/mol. The van der Waals surface area contributed by atoms with Crippen LogP contribution in [-0.4, -0.2) is 0 Å². The molecule has 0 unspecified atom stereocenters. The largest absolute Gasteiger partial charge is 0.120 e. The highest BCUT2D eigenvalue weighted by Crippen LogP contribution is 1.21. The topological polar surface area (TPSA) is 0 Å². The number of rotatable bonds is 0. The smallest absolute Gasteiger partial charge is 0 e. The number of hydrogen-bond acceptors (Lipinski definition) is 0. The van der Waals surface area contributed by atoms with E-state index < -0.39 is 0 Å². The second-order valence-corrected chi connectivity index (χ2v) is 0.289. The van der Waals surface area contributed by atoms with E-state index in [0.29, 0.717) is 0 Å². The van der Waals surface area contributed by atoms with E-state index in [-0.39, 0.29) is 8.85 Å². The van der Waals surface area contributed by atoms with Crippen LogP contribution in [0.2, 0.25) is 0 Å². The molecule has 0 aromatic carbocycles. The number of hydrogen-bond donors (Lipinski definition) is 0. The molecular weight excluding hydrogens is 72.1 g/mol. The lowest BCUT2D eigenvalue weighted by atomic mass is 10.9. The fourth-order valence-electron chi connectivity index (χ4n) is 0. The Morgan fingerprint density at radius 2 is 1.50 bits per heavy atom. The second kappa shape index (κ2) is 184. The van der Waals surface area contributed by atoms with Crippen LogP contribution in [0.1, 0.15) is 29.6 Å². The van der Waals surface area contributed by atoms with Gasteiger partial charge in [0, 0.05) is 1.43 Å².